The highest BCUT2D eigenvalue weighted by atomic mass is 16.5. The van der Waals surface area contributed by atoms with Crippen molar-refractivity contribution < 1.29 is 9.47 Å². The first-order valence-corrected chi connectivity index (χ1v) is 7.52. The molecule has 19 heavy (non-hydrogen) atoms. The Labute approximate surface area is 120 Å². The van der Waals surface area contributed by atoms with Crippen LogP contribution < -0.4 is 5.73 Å². The van der Waals surface area contributed by atoms with Crippen molar-refractivity contribution in [3.8, 4) is 0 Å². The fourth-order valence-corrected chi connectivity index (χ4v) is 1.84. The summed E-state index contributed by atoms with van der Waals surface area (Å²) < 4.78 is 11.4. The molecular weight excluding hydrogens is 238 g/mol. The van der Waals surface area contributed by atoms with Crippen LogP contribution >= 0.6 is 0 Å². The highest BCUT2D eigenvalue weighted by Gasteiger charge is 2.23. The molecule has 0 aliphatic heterocycles. The van der Waals surface area contributed by atoms with Gasteiger partial charge in [-0.2, -0.15) is 0 Å². The van der Waals surface area contributed by atoms with Crippen LogP contribution in [0.2, 0.25) is 0 Å². The standard InChI is InChI=1S/C16H35NO2/c1-8-16(6,17)11-9-10-15(4,5)19-13-12-14(2,3)18-7/h8-13,17H2,1-7H3. The molecule has 0 aromatic carbocycles. The van der Waals surface area contributed by atoms with Gasteiger partial charge in [-0.3, -0.25) is 0 Å². The third-order valence-electron chi connectivity index (χ3n) is 4.08. The van der Waals surface area contributed by atoms with Crippen LogP contribution in [0.25, 0.3) is 0 Å². The van der Waals surface area contributed by atoms with Crippen molar-refractivity contribution in [1.82, 2.24) is 0 Å². The number of methoxy groups -OCH3 is 1. The Kier molecular flexibility index (Phi) is 7.56. The SMILES string of the molecule is CCC(C)(N)CCCC(C)(C)OCCC(C)(C)OC. The molecule has 3 heteroatoms. The Hall–Kier alpha value is -0.120. The van der Waals surface area contributed by atoms with Crippen LogP contribution in [0.1, 0.15) is 73.6 Å². The van der Waals surface area contributed by atoms with E-state index in [1.165, 1.54) is 0 Å². The van der Waals surface area contributed by atoms with Gasteiger partial charge in [0, 0.05) is 12.6 Å². The maximum absolute atomic E-state index is 6.16. The Morgan fingerprint density at radius 1 is 0.895 bits per heavy atom. The molecule has 0 rings (SSSR count). The van der Waals surface area contributed by atoms with E-state index >= 15 is 0 Å². The number of hydrogen-bond acceptors (Lipinski definition) is 3. The largest absolute Gasteiger partial charge is 0.379 e. The second-order valence-electron chi connectivity index (χ2n) is 7.18. The first kappa shape index (κ1) is 18.9. The maximum atomic E-state index is 6.16. The average molecular weight is 273 g/mol. The zero-order chi connectivity index (χ0) is 15.2. The fraction of sp³-hybridized carbons (Fsp3) is 1.00. The Morgan fingerprint density at radius 3 is 1.95 bits per heavy atom. The van der Waals surface area contributed by atoms with Gasteiger partial charge in [-0.15, -0.1) is 0 Å². The van der Waals surface area contributed by atoms with Gasteiger partial charge in [0.25, 0.3) is 0 Å². The third kappa shape index (κ3) is 9.42. The van der Waals surface area contributed by atoms with E-state index in [9.17, 15) is 0 Å². The molecule has 0 fully saturated rings. The second kappa shape index (κ2) is 7.61. The van der Waals surface area contributed by atoms with Gasteiger partial charge in [0.2, 0.25) is 0 Å². The predicted molar refractivity (Wildman–Crippen MR) is 82.5 cm³/mol. The van der Waals surface area contributed by atoms with E-state index in [1.807, 2.05) is 0 Å². The molecular formula is C16H35NO2. The van der Waals surface area contributed by atoms with Gasteiger partial charge in [-0.25, -0.2) is 0 Å². The van der Waals surface area contributed by atoms with E-state index in [-0.39, 0.29) is 16.7 Å². The Bertz CT molecular complexity index is 223. The van der Waals surface area contributed by atoms with Crippen LogP contribution in [0, 0.1) is 0 Å². The van der Waals surface area contributed by atoms with Crippen LogP contribution in [0.5, 0.6) is 0 Å². The van der Waals surface area contributed by atoms with Crippen molar-refractivity contribution >= 4 is 0 Å². The molecule has 0 spiro atoms. The van der Waals surface area contributed by atoms with Crippen LogP contribution in [0.3, 0.4) is 0 Å². The lowest BCUT2D eigenvalue weighted by Gasteiger charge is -2.30. The van der Waals surface area contributed by atoms with Crippen molar-refractivity contribution in [3.05, 3.63) is 0 Å². The average Bonchev–Trinajstić information content (AvgIpc) is 2.28. The fourth-order valence-electron chi connectivity index (χ4n) is 1.84. The van der Waals surface area contributed by atoms with E-state index in [2.05, 4.69) is 41.5 Å². The molecule has 3 nitrogen and oxygen atoms in total. The minimum atomic E-state index is -0.103. The van der Waals surface area contributed by atoms with Gasteiger partial charge in [-0.05, 0) is 66.7 Å². The number of ether oxygens (including phenoxy) is 2. The van der Waals surface area contributed by atoms with Crippen LogP contribution in [-0.2, 0) is 9.47 Å². The summed E-state index contributed by atoms with van der Waals surface area (Å²) in [7, 11) is 1.75. The predicted octanol–water partition coefficient (Wildman–Crippen LogP) is 3.89. The van der Waals surface area contributed by atoms with Crippen molar-refractivity contribution in [3.63, 3.8) is 0 Å². The topological polar surface area (TPSA) is 44.5 Å². The minimum Gasteiger partial charge on any atom is -0.379 e. The van der Waals surface area contributed by atoms with E-state index in [1.54, 1.807) is 7.11 Å². The van der Waals surface area contributed by atoms with Gasteiger partial charge in [-0.1, -0.05) is 6.92 Å². The molecule has 0 aliphatic rings. The first-order chi connectivity index (χ1) is 8.54. The highest BCUT2D eigenvalue weighted by molar-refractivity contribution is 4.79. The van der Waals surface area contributed by atoms with E-state index in [0.717, 1.165) is 38.7 Å². The van der Waals surface area contributed by atoms with Gasteiger partial charge in [0.1, 0.15) is 0 Å². The van der Waals surface area contributed by atoms with Gasteiger partial charge >= 0.3 is 0 Å². The molecule has 1 unspecified atom stereocenters. The van der Waals surface area contributed by atoms with Crippen LogP contribution in [-0.4, -0.2) is 30.5 Å². The van der Waals surface area contributed by atoms with Gasteiger partial charge < -0.3 is 15.2 Å². The van der Waals surface area contributed by atoms with E-state index in [0.29, 0.717) is 0 Å². The number of rotatable bonds is 10. The molecule has 0 aliphatic carbocycles. The molecule has 0 amide bonds. The minimum absolute atomic E-state index is 0.0336. The van der Waals surface area contributed by atoms with Gasteiger partial charge in [0.05, 0.1) is 17.8 Å². The highest BCUT2D eigenvalue weighted by Crippen LogP contribution is 2.23. The molecule has 0 saturated heterocycles. The summed E-state index contributed by atoms with van der Waals surface area (Å²) in [6.45, 7) is 13.5. The quantitative estimate of drug-likeness (QED) is 0.656. The maximum Gasteiger partial charge on any atom is 0.0644 e. The van der Waals surface area contributed by atoms with Crippen molar-refractivity contribution in [2.75, 3.05) is 13.7 Å². The Morgan fingerprint density at radius 2 is 1.47 bits per heavy atom. The second-order valence-corrected chi connectivity index (χ2v) is 7.18. The molecule has 0 aromatic rings. The normalized spacial score (nSPS) is 16.4. The molecule has 2 N–H and O–H groups in total. The summed E-state index contributed by atoms with van der Waals surface area (Å²) >= 11 is 0. The van der Waals surface area contributed by atoms with Crippen molar-refractivity contribution in [2.24, 2.45) is 5.73 Å². The molecule has 0 heterocycles. The van der Waals surface area contributed by atoms with Crippen molar-refractivity contribution in [1.29, 1.82) is 0 Å². The monoisotopic (exact) mass is 273 g/mol. The number of nitrogens with two attached hydrogens (primary N) is 1. The van der Waals surface area contributed by atoms with Gasteiger partial charge in [0.15, 0.2) is 0 Å². The summed E-state index contributed by atoms with van der Waals surface area (Å²) in [4.78, 5) is 0. The summed E-state index contributed by atoms with van der Waals surface area (Å²) in [5.41, 5.74) is 5.95. The first-order valence-electron chi connectivity index (χ1n) is 7.52. The van der Waals surface area contributed by atoms with Crippen LogP contribution in [0.4, 0.5) is 0 Å². The molecule has 0 bridgehead atoms. The lowest BCUT2D eigenvalue weighted by atomic mass is 9.90. The molecule has 0 saturated carbocycles. The Balaban J connectivity index is 3.93. The lowest BCUT2D eigenvalue weighted by Crippen LogP contribution is -2.36. The molecule has 0 aromatic heterocycles. The summed E-state index contributed by atoms with van der Waals surface area (Å²) in [5, 5.41) is 0. The number of hydrogen-bond donors (Lipinski definition) is 1. The van der Waals surface area contributed by atoms with E-state index in [4.69, 9.17) is 15.2 Å². The summed E-state index contributed by atoms with van der Waals surface area (Å²) in [6, 6.07) is 0. The molecule has 1 atom stereocenters. The zero-order valence-corrected chi connectivity index (χ0v) is 14.1. The summed E-state index contributed by atoms with van der Waals surface area (Å²) in [5.74, 6) is 0. The molecule has 0 radical (unpaired) electrons. The zero-order valence-electron chi connectivity index (χ0n) is 14.1. The smallest absolute Gasteiger partial charge is 0.0644 e. The lowest BCUT2D eigenvalue weighted by molar-refractivity contribution is -0.0622. The van der Waals surface area contributed by atoms with E-state index < -0.39 is 0 Å². The van der Waals surface area contributed by atoms with Crippen molar-refractivity contribution in [2.45, 2.75) is 90.4 Å². The van der Waals surface area contributed by atoms with Crippen LogP contribution in [0.15, 0.2) is 0 Å². The third-order valence-corrected chi connectivity index (χ3v) is 4.08. The molecule has 116 valence electrons. The summed E-state index contributed by atoms with van der Waals surface area (Å²) in [6.07, 6.45) is 5.15.